The Morgan fingerprint density at radius 1 is 0.449 bits per heavy atom. The molecule has 0 saturated heterocycles. The summed E-state index contributed by atoms with van der Waals surface area (Å²) < 4.78 is 2.25. The SMILES string of the molecule is CC1(C)c2ccccc2-c2ccc(-c3cccc(-c4ccnc(-n5c6ccccc6c6cc7c(cc65)C(C)(C)c5ccccc5-7)n4)c3)cc21. The van der Waals surface area contributed by atoms with Crippen molar-refractivity contribution < 1.29 is 0 Å². The molecule has 8 aromatic rings. The minimum Gasteiger partial charge on any atom is -0.278 e. The molecule has 0 spiro atoms. The second-order valence-electron chi connectivity index (χ2n) is 14.7. The van der Waals surface area contributed by atoms with Crippen molar-refractivity contribution in [3.8, 4) is 50.6 Å². The maximum Gasteiger partial charge on any atom is 0.235 e. The van der Waals surface area contributed by atoms with Gasteiger partial charge in [-0.3, -0.25) is 4.57 Å². The first-order chi connectivity index (χ1) is 23.8. The average Bonchev–Trinajstić information content (AvgIpc) is 3.67. The molecule has 234 valence electrons. The number of aromatic nitrogens is 3. The monoisotopic (exact) mass is 629 g/mol. The number of benzene rings is 6. The number of hydrogen-bond donors (Lipinski definition) is 0. The van der Waals surface area contributed by atoms with Crippen LogP contribution in [-0.2, 0) is 10.8 Å². The first kappa shape index (κ1) is 28.2. The first-order valence-electron chi connectivity index (χ1n) is 17.2. The molecule has 0 aliphatic heterocycles. The molecule has 2 aromatic heterocycles. The van der Waals surface area contributed by atoms with Crippen molar-refractivity contribution in [2.45, 2.75) is 38.5 Å². The zero-order chi connectivity index (χ0) is 33.1. The van der Waals surface area contributed by atoms with Gasteiger partial charge in [-0.2, -0.15) is 0 Å². The number of para-hydroxylation sites is 1. The topological polar surface area (TPSA) is 30.7 Å². The fraction of sp³-hybridized carbons (Fsp3) is 0.130. The standard InChI is InChI=1S/C46H35N3/c1-45(2)37-17-8-5-14-31(37)33-21-20-29(25-39(33)45)28-12-11-13-30(24-28)41-22-23-47-44(48-41)49-42-19-10-7-16-34(42)36-26-35-32-15-6-9-18-38(32)46(3,4)40(35)27-43(36)49/h5-27H,1-4H3. The molecular weight excluding hydrogens is 595 g/mol. The molecule has 6 aromatic carbocycles. The molecule has 0 unspecified atom stereocenters. The van der Waals surface area contributed by atoms with E-state index in [2.05, 4.69) is 160 Å². The third kappa shape index (κ3) is 3.90. The number of hydrogen-bond acceptors (Lipinski definition) is 2. The Morgan fingerprint density at radius 2 is 1.08 bits per heavy atom. The summed E-state index contributed by atoms with van der Waals surface area (Å²) in [6, 6.07) is 48.8. The van der Waals surface area contributed by atoms with E-state index in [-0.39, 0.29) is 10.8 Å². The van der Waals surface area contributed by atoms with Gasteiger partial charge in [0.15, 0.2) is 0 Å². The minimum absolute atomic E-state index is 0.0401. The molecule has 2 aliphatic carbocycles. The Kier molecular flexibility index (Phi) is 5.69. The van der Waals surface area contributed by atoms with Gasteiger partial charge in [-0.25, -0.2) is 9.97 Å². The van der Waals surface area contributed by atoms with Gasteiger partial charge in [0.25, 0.3) is 0 Å². The molecule has 49 heavy (non-hydrogen) atoms. The summed E-state index contributed by atoms with van der Waals surface area (Å²) in [5.41, 5.74) is 17.3. The normalized spacial score (nSPS) is 14.9. The second kappa shape index (κ2) is 9.87. The van der Waals surface area contributed by atoms with Crippen molar-refractivity contribution in [1.29, 1.82) is 0 Å². The van der Waals surface area contributed by atoms with Crippen LogP contribution in [0.1, 0.15) is 49.9 Å². The molecule has 0 amide bonds. The van der Waals surface area contributed by atoms with E-state index in [0.29, 0.717) is 5.95 Å². The highest BCUT2D eigenvalue weighted by Gasteiger charge is 2.37. The van der Waals surface area contributed by atoms with Crippen LogP contribution >= 0.6 is 0 Å². The minimum atomic E-state index is -0.0971. The molecule has 0 radical (unpaired) electrons. The molecule has 0 N–H and O–H groups in total. The highest BCUT2D eigenvalue weighted by atomic mass is 15.2. The van der Waals surface area contributed by atoms with E-state index in [1.54, 1.807) is 0 Å². The Bertz CT molecular complexity index is 2670. The highest BCUT2D eigenvalue weighted by molar-refractivity contribution is 6.11. The van der Waals surface area contributed by atoms with E-state index in [1.165, 1.54) is 66.4 Å². The van der Waals surface area contributed by atoms with Gasteiger partial charge < -0.3 is 0 Å². The maximum absolute atomic E-state index is 5.25. The van der Waals surface area contributed by atoms with Crippen LogP contribution in [0, 0.1) is 0 Å². The quantitative estimate of drug-likeness (QED) is 0.195. The molecule has 0 atom stereocenters. The summed E-state index contributed by atoms with van der Waals surface area (Å²) in [7, 11) is 0. The molecule has 0 bridgehead atoms. The molecule has 0 saturated carbocycles. The maximum atomic E-state index is 5.25. The molecule has 2 aliphatic rings. The van der Waals surface area contributed by atoms with Crippen molar-refractivity contribution in [3.05, 3.63) is 162 Å². The molecule has 3 nitrogen and oxygen atoms in total. The van der Waals surface area contributed by atoms with Crippen molar-refractivity contribution in [2.75, 3.05) is 0 Å². The van der Waals surface area contributed by atoms with E-state index >= 15 is 0 Å². The zero-order valence-corrected chi connectivity index (χ0v) is 28.1. The van der Waals surface area contributed by atoms with E-state index in [0.717, 1.165) is 22.3 Å². The summed E-state index contributed by atoms with van der Waals surface area (Å²) in [5.74, 6) is 0.680. The van der Waals surface area contributed by atoms with Crippen LogP contribution in [0.4, 0.5) is 0 Å². The number of nitrogens with zero attached hydrogens (tertiary/aromatic N) is 3. The largest absolute Gasteiger partial charge is 0.278 e. The van der Waals surface area contributed by atoms with E-state index < -0.39 is 0 Å². The zero-order valence-electron chi connectivity index (χ0n) is 28.1. The van der Waals surface area contributed by atoms with Crippen LogP contribution in [0.5, 0.6) is 0 Å². The van der Waals surface area contributed by atoms with Gasteiger partial charge in [0.1, 0.15) is 0 Å². The Hall–Kier alpha value is -5.80. The Labute approximate surface area is 286 Å². The lowest BCUT2D eigenvalue weighted by Gasteiger charge is -2.22. The van der Waals surface area contributed by atoms with Crippen molar-refractivity contribution in [1.82, 2.24) is 14.5 Å². The lowest BCUT2D eigenvalue weighted by molar-refractivity contribution is 0.660. The Balaban J connectivity index is 1.10. The van der Waals surface area contributed by atoms with Crippen LogP contribution in [-0.4, -0.2) is 14.5 Å². The summed E-state index contributed by atoms with van der Waals surface area (Å²) >= 11 is 0. The molecular formula is C46H35N3. The van der Waals surface area contributed by atoms with E-state index in [1.807, 2.05) is 12.3 Å². The van der Waals surface area contributed by atoms with Gasteiger partial charge in [0.2, 0.25) is 5.95 Å². The van der Waals surface area contributed by atoms with Crippen molar-refractivity contribution >= 4 is 21.8 Å². The Morgan fingerprint density at radius 3 is 1.88 bits per heavy atom. The van der Waals surface area contributed by atoms with E-state index in [9.17, 15) is 0 Å². The van der Waals surface area contributed by atoms with Gasteiger partial charge in [-0.1, -0.05) is 125 Å². The summed E-state index contributed by atoms with van der Waals surface area (Å²) in [5, 5.41) is 2.43. The highest BCUT2D eigenvalue weighted by Crippen LogP contribution is 2.51. The third-order valence-corrected chi connectivity index (χ3v) is 11.3. The summed E-state index contributed by atoms with van der Waals surface area (Å²) in [6.07, 6.45) is 1.90. The fourth-order valence-electron chi connectivity index (χ4n) is 8.74. The third-order valence-electron chi connectivity index (χ3n) is 11.3. The summed E-state index contributed by atoms with van der Waals surface area (Å²) in [6.45, 7) is 9.34. The molecule has 0 fully saturated rings. The van der Waals surface area contributed by atoms with Crippen molar-refractivity contribution in [3.63, 3.8) is 0 Å². The molecule has 2 heterocycles. The molecule has 3 heteroatoms. The van der Waals surface area contributed by atoms with Crippen LogP contribution in [0.3, 0.4) is 0 Å². The van der Waals surface area contributed by atoms with Crippen LogP contribution in [0.15, 0.2) is 140 Å². The number of rotatable bonds is 3. The van der Waals surface area contributed by atoms with Crippen LogP contribution < -0.4 is 0 Å². The molecule has 10 rings (SSSR count). The number of fused-ring (bicyclic) bond motifs is 9. The lowest BCUT2D eigenvalue weighted by Crippen LogP contribution is -2.15. The average molecular weight is 630 g/mol. The van der Waals surface area contributed by atoms with Crippen LogP contribution in [0.25, 0.3) is 72.4 Å². The van der Waals surface area contributed by atoms with Gasteiger partial charge in [-0.15, -0.1) is 0 Å². The second-order valence-corrected chi connectivity index (χ2v) is 14.7. The van der Waals surface area contributed by atoms with Crippen LogP contribution in [0.2, 0.25) is 0 Å². The summed E-state index contributed by atoms with van der Waals surface area (Å²) in [4.78, 5) is 10.1. The predicted molar refractivity (Wildman–Crippen MR) is 202 cm³/mol. The van der Waals surface area contributed by atoms with Gasteiger partial charge in [0, 0.05) is 33.4 Å². The predicted octanol–water partition coefficient (Wildman–Crippen LogP) is 11.5. The lowest BCUT2D eigenvalue weighted by atomic mass is 9.81. The van der Waals surface area contributed by atoms with Crippen molar-refractivity contribution in [2.24, 2.45) is 0 Å². The van der Waals surface area contributed by atoms with Gasteiger partial charge >= 0.3 is 0 Å². The van der Waals surface area contributed by atoms with E-state index in [4.69, 9.17) is 9.97 Å². The van der Waals surface area contributed by atoms with Gasteiger partial charge in [-0.05, 0) is 92.0 Å². The fourth-order valence-corrected chi connectivity index (χ4v) is 8.74. The first-order valence-corrected chi connectivity index (χ1v) is 17.2. The smallest absolute Gasteiger partial charge is 0.235 e. The van der Waals surface area contributed by atoms with Gasteiger partial charge in [0.05, 0.1) is 16.7 Å².